The molecule has 0 heterocycles. The van der Waals surface area contributed by atoms with Crippen molar-refractivity contribution >= 4 is 22.6 Å². The van der Waals surface area contributed by atoms with E-state index in [4.69, 9.17) is 0 Å². The highest BCUT2D eigenvalue weighted by Crippen LogP contribution is 2.05. The second-order valence-electron chi connectivity index (χ2n) is 3.77. The summed E-state index contributed by atoms with van der Waals surface area (Å²) in [6.45, 7) is 9.41. The van der Waals surface area contributed by atoms with Crippen molar-refractivity contribution in [2.24, 2.45) is 5.92 Å². The Hall–Kier alpha value is 0.690. The molecule has 0 amide bonds. The molecule has 0 radical (unpaired) electrons. The number of rotatable bonds is 7. The first-order valence-electron chi connectivity index (χ1n) is 4.99. The van der Waals surface area contributed by atoms with E-state index in [0.717, 1.165) is 5.92 Å². The lowest BCUT2D eigenvalue weighted by Crippen LogP contribution is -2.25. The summed E-state index contributed by atoms with van der Waals surface area (Å²) in [4.78, 5) is 2.55. The third kappa shape index (κ3) is 7.35. The van der Waals surface area contributed by atoms with Crippen LogP contribution in [0.4, 0.5) is 0 Å². The molecule has 0 unspecified atom stereocenters. The van der Waals surface area contributed by atoms with E-state index in [1.54, 1.807) is 0 Å². The van der Waals surface area contributed by atoms with Crippen molar-refractivity contribution in [3.8, 4) is 0 Å². The Labute approximate surface area is 91.0 Å². The van der Waals surface area contributed by atoms with Gasteiger partial charge in [0.15, 0.2) is 0 Å². The second-order valence-corrected chi connectivity index (χ2v) is 4.46. The van der Waals surface area contributed by atoms with Crippen molar-refractivity contribution < 1.29 is 0 Å². The number of alkyl halides is 1. The summed E-state index contributed by atoms with van der Waals surface area (Å²) >= 11 is 2.46. The summed E-state index contributed by atoms with van der Waals surface area (Å²) in [5.41, 5.74) is 0. The molecule has 0 rings (SSSR count). The molecule has 0 saturated heterocycles. The number of unbranched alkanes of at least 4 members (excludes halogenated alkanes) is 1. The number of hydrogen-bond donors (Lipinski definition) is 0. The Bertz CT molecular complexity index is 93.8. The highest BCUT2D eigenvalue weighted by atomic mass is 127. The predicted octanol–water partition coefficient (Wildman–Crippen LogP) is 3.53. The minimum Gasteiger partial charge on any atom is -0.294 e. The van der Waals surface area contributed by atoms with Crippen LogP contribution in [0.25, 0.3) is 0 Å². The molecule has 0 aliphatic heterocycles. The monoisotopic (exact) mass is 283 g/mol. The van der Waals surface area contributed by atoms with Crippen molar-refractivity contribution in [2.45, 2.75) is 40.0 Å². The lowest BCUT2D eigenvalue weighted by molar-refractivity contribution is 0.300. The van der Waals surface area contributed by atoms with Crippen LogP contribution >= 0.6 is 22.6 Å². The lowest BCUT2D eigenvalue weighted by atomic mass is 10.1. The normalized spacial score (nSPS) is 11.5. The van der Waals surface area contributed by atoms with Crippen molar-refractivity contribution in [3.05, 3.63) is 0 Å². The number of hydrogen-bond acceptors (Lipinski definition) is 1. The highest BCUT2D eigenvalue weighted by molar-refractivity contribution is 14.1. The maximum atomic E-state index is 2.55. The average molecular weight is 283 g/mol. The van der Waals surface area contributed by atoms with E-state index >= 15 is 0 Å². The van der Waals surface area contributed by atoms with Crippen LogP contribution < -0.4 is 0 Å². The van der Waals surface area contributed by atoms with Gasteiger partial charge in [-0.25, -0.2) is 0 Å². The molecule has 0 aromatic heterocycles. The van der Waals surface area contributed by atoms with E-state index in [2.05, 4.69) is 48.3 Å². The van der Waals surface area contributed by atoms with E-state index in [1.807, 2.05) is 0 Å². The molecule has 0 aliphatic rings. The maximum Gasteiger partial charge on any atom is 0.0505 e. The van der Waals surface area contributed by atoms with Gasteiger partial charge in [-0.15, -0.1) is 0 Å². The molecule has 12 heavy (non-hydrogen) atoms. The molecular formula is C10H22IN. The number of nitrogens with zero attached hydrogens (tertiary/aromatic N) is 1. The van der Waals surface area contributed by atoms with Crippen LogP contribution in [-0.2, 0) is 0 Å². The molecule has 0 N–H and O–H groups in total. The summed E-state index contributed by atoms with van der Waals surface area (Å²) < 4.78 is 1.18. The van der Waals surface area contributed by atoms with Gasteiger partial charge in [-0.2, -0.15) is 0 Å². The third-order valence-electron chi connectivity index (χ3n) is 2.02. The number of halogens is 1. The average Bonchev–Trinajstić information content (AvgIpc) is 2.05. The van der Waals surface area contributed by atoms with Gasteiger partial charge in [0.1, 0.15) is 0 Å². The highest BCUT2D eigenvalue weighted by Gasteiger charge is 2.02. The zero-order chi connectivity index (χ0) is 9.40. The Morgan fingerprint density at radius 1 is 1.25 bits per heavy atom. The molecule has 0 fully saturated rings. The van der Waals surface area contributed by atoms with Gasteiger partial charge in [0.05, 0.1) is 4.55 Å². The van der Waals surface area contributed by atoms with Gasteiger partial charge >= 0.3 is 0 Å². The zero-order valence-corrected chi connectivity index (χ0v) is 10.8. The zero-order valence-electron chi connectivity index (χ0n) is 8.65. The quantitative estimate of drug-likeness (QED) is 0.392. The summed E-state index contributed by atoms with van der Waals surface area (Å²) in [5, 5.41) is 0. The van der Waals surface area contributed by atoms with Gasteiger partial charge in [-0.3, -0.25) is 4.90 Å². The van der Waals surface area contributed by atoms with E-state index in [1.165, 1.54) is 36.9 Å². The first kappa shape index (κ1) is 12.7. The Balaban J connectivity index is 3.39. The van der Waals surface area contributed by atoms with Gasteiger partial charge in [0, 0.05) is 0 Å². The molecule has 0 aromatic rings. The van der Waals surface area contributed by atoms with Crippen LogP contribution in [0.3, 0.4) is 0 Å². The molecule has 0 spiro atoms. The molecule has 0 saturated carbocycles. The van der Waals surface area contributed by atoms with Gasteiger partial charge < -0.3 is 0 Å². The van der Waals surface area contributed by atoms with Crippen molar-refractivity contribution in [1.29, 1.82) is 0 Å². The van der Waals surface area contributed by atoms with Gasteiger partial charge in [0.25, 0.3) is 0 Å². The standard InChI is InChI=1S/C10H22IN/c1-4-5-7-12(9-11)8-6-10(2)3/h10H,4-9H2,1-3H3. The van der Waals surface area contributed by atoms with E-state index in [-0.39, 0.29) is 0 Å². The van der Waals surface area contributed by atoms with E-state index < -0.39 is 0 Å². The molecule has 0 atom stereocenters. The Morgan fingerprint density at radius 2 is 1.92 bits per heavy atom. The van der Waals surface area contributed by atoms with Crippen LogP contribution in [-0.4, -0.2) is 22.5 Å². The predicted molar refractivity (Wildman–Crippen MR) is 64.8 cm³/mol. The topological polar surface area (TPSA) is 3.24 Å². The minimum absolute atomic E-state index is 0.845. The fourth-order valence-corrected chi connectivity index (χ4v) is 1.74. The second kappa shape index (κ2) is 8.30. The van der Waals surface area contributed by atoms with E-state index in [0.29, 0.717) is 0 Å². The Kier molecular flexibility index (Phi) is 8.77. The van der Waals surface area contributed by atoms with Crippen LogP contribution in [0.2, 0.25) is 0 Å². The lowest BCUT2D eigenvalue weighted by Gasteiger charge is -2.19. The van der Waals surface area contributed by atoms with Crippen LogP contribution in [0.1, 0.15) is 40.0 Å². The first-order valence-corrected chi connectivity index (χ1v) is 6.51. The molecule has 0 aliphatic carbocycles. The van der Waals surface area contributed by atoms with Gasteiger partial charge in [0.2, 0.25) is 0 Å². The molecule has 74 valence electrons. The van der Waals surface area contributed by atoms with Crippen molar-refractivity contribution in [2.75, 3.05) is 17.6 Å². The Morgan fingerprint density at radius 3 is 2.33 bits per heavy atom. The molecule has 0 aromatic carbocycles. The summed E-state index contributed by atoms with van der Waals surface area (Å²) in [7, 11) is 0. The van der Waals surface area contributed by atoms with Crippen LogP contribution in [0.15, 0.2) is 0 Å². The SMILES string of the molecule is CCCCN(CI)CCC(C)C. The molecular weight excluding hydrogens is 261 g/mol. The van der Waals surface area contributed by atoms with Crippen LogP contribution in [0.5, 0.6) is 0 Å². The van der Waals surface area contributed by atoms with E-state index in [9.17, 15) is 0 Å². The minimum atomic E-state index is 0.845. The first-order chi connectivity index (χ1) is 5.70. The largest absolute Gasteiger partial charge is 0.294 e. The summed E-state index contributed by atoms with van der Waals surface area (Å²) in [5.74, 6) is 0.845. The molecule has 1 nitrogen and oxygen atoms in total. The molecule has 2 heteroatoms. The summed E-state index contributed by atoms with van der Waals surface area (Å²) in [6.07, 6.45) is 4.00. The van der Waals surface area contributed by atoms with Crippen molar-refractivity contribution in [3.63, 3.8) is 0 Å². The third-order valence-corrected chi connectivity index (χ3v) is 2.98. The fraction of sp³-hybridized carbons (Fsp3) is 1.00. The summed E-state index contributed by atoms with van der Waals surface area (Å²) in [6, 6.07) is 0. The van der Waals surface area contributed by atoms with Gasteiger partial charge in [-0.1, -0.05) is 49.8 Å². The van der Waals surface area contributed by atoms with Crippen molar-refractivity contribution in [1.82, 2.24) is 4.90 Å². The fourth-order valence-electron chi connectivity index (χ4n) is 1.05. The van der Waals surface area contributed by atoms with Gasteiger partial charge in [-0.05, 0) is 31.8 Å². The molecule has 0 bridgehead atoms. The smallest absolute Gasteiger partial charge is 0.0505 e. The van der Waals surface area contributed by atoms with Crippen LogP contribution in [0, 0.1) is 5.92 Å². The maximum absolute atomic E-state index is 2.55.